The Morgan fingerprint density at radius 2 is 1.55 bits per heavy atom. The summed E-state index contributed by atoms with van der Waals surface area (Å²) < 4.78 is 1.11. The molecule has 0 amide bonds. The van der Waals surface area contributed by atoms with Crippen molar-refractivity contribution in [3.05, 3.63) is 0 Å². The monoisotopic (exact) mass is 267 g/mol. The molecule has 1 saturated carbocycles. The van der Waals surface area contributed by atoms with E-state index in [1.807, 2.05) is 0 Å². The maximum Gasteiger partial charge on any atom is 0.0482 e. The zero-order valence-corrected chi connectivity index (χ0v) is 9.27. The molecule has 2 heteroatoms. The molecule has 0 spiro atoms. The number of halogens is 1. The Balaban J connectivity index is 2.15. The number of alkyl halides is 1. The van der Waals surface area contributed by atoms with Crippen LogP contribution in [0.3, 0.4) is 0 Å². The Kier molecular flexibility index (Phi) is 5.54. The van der Waals surface area contributed by atoms with Gasteiger partial charge < -0.3 is 5.32 Å². The molecular formula is C9H18IN. The fraction of sp³-hybridized carbons (Fsp3) is 1.00. The topological polar surface area (TPSA) is 12.0 Å². The van der Waals surface area contributed by atoms with Crippen LogP contribution in [0.1, 0.15) is 44.9 Å². The van der Waals surface area contributed by atoms with Crippen LogP contribution in [0.25, 0.3) is 0 Å². The number of rotatable bonds is 2. The molecule has 11 heavy (non-hydrogen) atoms. The predicted molar refractivity (Wildman–Crippen MR) is 58.1 cm³/mol. The summed E-state index contributed by atoms with van der Waals surface area (Å²) in [6, 6.07) is 0.826. The first-order valence-electron chi connectivity index (χ1n) is 4.73. The highest BCUT2D eigenvalue weighted by molar-refractivity contribution is 14.1. The molecule has 0 saturated heterocycles. The zero-order chi connectivity index (χ0) is 7.94. The second-order valence-electron chi connectivity index (χ2n) is 3.38. The molecular weight excluding hydrogens is 249 g/mol. The molecule has 0 aromatic heterocycles. The molecule has 0 aromatic carbocycles. The van der Waals surface area contributed by atoms with E-state index < -0.39 is 0 Å². The van der Waals surface area contributed by atoms with Crippen LogP contribution in [0.4, 0.5) is 0 Å². The van der Waals surface area contributed by atoms with Crippen LogP contribution in [0.15, 0.2) is 0 Å². The van der Waals surface area contributed by atoms with Gasteiger partial charge in [-0.3, -0.25) is 0 Å². The average molecular weight is 267 g/mol. The van der Waals surface area contributed by atoms with Crippen molar-refractivity contribution >= 4 is 22.6 Å². The lowest BCUT2D eigenvalue weighted by Crippen LogP contribution is -2.28. The lowest BCUT2D eigenvalue weighted by atomic mass is 9.97. The van der Waals surface area contributed by atoms with Crippen molar-refractivity contribution in [3.63, 3.8) is 0 Å². The molecule has 0 heterocycles. The van der Waals surface area contributed by atoms with Gasteiger partial charge in [0, 0.05) is 10.6 Å². The molecule has 0 radical (unpaired) electrons. The third kappa shape index (κ3) is 4.31. The highest BCUT2D eigenvalue weighted by atomic mass is 127. The van der Waals surface area contributed by atoms with Crippen molar-refractivity contribution in [2.75, 3.05) is 4.55 Å². The van der Waals surface area contributed by atoms with Gasteiger partial charge in [0.05, 0.1) is 0 Å². The van der Waals surface area contributed by atoms with Crippen molar-refractivity contribution in [2.24, 2.45) is 0 Å². The van der Waals surface area contributed by atoms with E-state index in [-0.39, 0.29) is 0 Å². The molecule has 0 aromatic rings. The molecule has 1 nitrogen and oxygen atoms in total. The maximum atomic E-state index is 3.54. The molecule has 66 valence electrons. The SMILES string of the molecule is ICNC1CCCCCCC1. The molecule has 1 rings (SSSR count). The maximum absolute atomic E-state index is 3.54. The lowest BCUT2D eigenvalue weighted by Gasteiger charge is -2.19. The van der Waals surface area contributed by atoms with Crippen molar-refractivity contribution in [1.82, 2.24) is 5.32 Å². The van der Waals surface area contributed by atoms with Gasteiger partial charge in [-0.1, -0.05) is 54.7 Å². The third-order valence-corrected chi connectivity index (χ3v) is 2.91. The second-order valence-corrected chi connectivity index (χ2v) is 4.14. The van der Waals surface area contributed by atoms with Gasteiger partial charge in [-0.05, 0) is 12.8 Å². The summed E-state index contributed by atoms with van der Waals surface area (Å²) in [5.74, 6) is 0. The van der Waals surface area contributed by atoms with E-state index >= 15 is 0 Å². The Labute approximate surface area is 83.5 Å². The summed E-state index contributed by atoms with van der Waals surface area (Å²) in [6.45, 7) is 0. The van der Waals surface area contributed by atoms with Gasteiger partial charge in [-0.15, -0.1) is 0 Å². The lowest BCUT2D eigenvalue weighted by molar-refractivity contribution is 0.409. The van der Waals surface area contributed by atoms with Crippen LogP contribution in [0.2, 0.25) is 0 Å². The van der Waals surface area contributed by atoms with Gasteiger partial charge in [-0.25, -0.2) is 0 Å². The van der Waals surface area contributed by atoms with Crippen LogP contribution in [-0.2, 0) is 0 Å². The zero-order valence-electron chi connectivity index (χ0n) is 7.11. The van der Waals surface area contributed by atoms with E-state index in [0.717, 1.165) is 10.6 Å². The normalized spacial score (nSPS) is 22.6. The highest BCUT2D eigenvalue weighted by Gasteiger charge is 2.08. The second kappa shape index (κ2) is 6.23. The standard InChI is InChI=1S/C9H18IN/c10-8-11-9-6-4-2-1-3-5-7-9/h9,11H,1-8H2. The quantitative estimate of drug-likeness (QED) is 0.460. The summed E-state index contributed by atoms with van der Waals surface area (Å²) in [5.41, 5.74) is 0. The van der Waals surface area contributed by atoms with Gasteiger partial charge in [0.25, 0.3) is 0 Å². The average Bonchev–Trinajstić information content (AvgIpc) is 1.94. The molecule has 1 aliphatic rings. The van der Waals surface area contributed by atoms with Gasteiger partial charge in [-0.2, -0.15) is 0 Å². The van der Waals surface area contributed by atoms with Crippen LogP contribution in [-0.4, -0.2) is 10.6 Å². The first-order valence-corrected chi connectivity index (χ1v) is 6.25. The van der Waals surface area contributed by atoms with Crippen molar-refractivity contribution < 1.29 is 0 Å². The first kappa shape index (κ1) is 9.78. The van der Waals surface area contributed by atoms with E-state index in [0.29, 0.717) is 0 Å². The molecule has 0 atom stereocenters. The van der Waals surface area contributed by atoms with E-state index in [4.69, 9.17) is 0 Å². The van der Waals surface area contributed by atoms with Crippen LogP contribution >= 0.6 is 22.6 Å². The van der Waals surface area contributed by atoms with Crippen molar-refractivity contribution in [1.29, 1.82) is 0 Å². The van der Waals surface area contributed by atoms with Gasteiger partial charge in [0.15, 0.2) is 0 Å². The van der Waals surface area contributed by atoms with Crippen LogP contribution in [0.5, 0.6) is 0 Å². The molecule has 0 aliphatic heterocycles. The molecule has 0 unspecified atom stereocenters. The summed E-state index contributed by atoms with van der Waals surface area (Å²) in [5, 5.41) is 3.54. The summed E-state index contributed by atoms with van der Waals surface area (Å²) in [6.07, 6.45) is 10.1. The number of hydrogen-bond donors (Lipinski definition) is 1. The van der Waals surface area contributed by atoms with E-state index in [2.05, 4.69) is 27.9 Å². The van der Waals surface area contributed by atoms with Gasteiger partial charge in [0.2, 0.25) is 0 Å². The minimum Gasteiger partial charge on any atom is -0.305 e. The fourth-order valence-corrected chi connectivity index (χ4v) is 2.39. The predicted octanol–water partition coefficient (Wildman–Crippen LogP) is 3.08. The Hall–Kier alpha value is 0.690. The van der Waals surface area contributed by atoms with E-state index in [1.165, 1.54) is 44.9 Å². The molecule has 0 bridgehead atoms. The minimum atomic E-state index is 0.826. The van der Waals surface area contributed by atoms with E-state index in [9.17, 15) is 0 Å². The first-order chi connectivity index (χ1) is 5.43. The van der Waals surface area contributed by atoms with Crippen molar-refractivity contribution in [2.45, 2.75) is 51.0 Å². The summed E-state index contributed by atoms with van der Waals surface area (Å²) >= 11 is 2.40. The van der Waals surface area contributed by atoms with Crippen molar-refractivity contribution in [3.8, 4) is 0 Å². The van der Waals surface area contributed by atoms with Crippen LogP contribution in [0, 0.1) is 0 Å². The summed E-state index contributed by atoms with van der Waals surface area (Å²) in [4.78, 5) is 0. The molecule has 1 fully saturated rings. The van der Waals surface area contributed by atoms with E-state index in [1.54, 1.807) is 0 Å². The highest BCUT2D eigenvalue weighted by Crippen LogP contribution is 2.16. The smallest absolute Gasteiger partial charge is 0.0482 e. The Bertz CT molecular complexity index is 87.6. The fourth-order valence-electron chi connectivity index (χ4n) is 1.77. The Morgan fingerprint density at radius 1 is 1.00 bits per heavy atom. The van der Waals surface area contributed by atoms with Gasteiger partial charge in [0.1, 0.15) is 0 Å². The minimum absolute atomic E-state index is 0.826. The third-order valence-electron chi connectivity index (χ3n) is 2.47. The largest absolute Gasteiger partial charge is 0.305 e. The van der Waals surface area contributed by atoms with Crippen LogP contribution < -0.4 is 5.32 Å². The number of nitrogens with one attached hydrogen (secondary N) is 1. The summed E-state index contributed by atoms with van der Waals surface area (Å²) in [7, 11) is 0. The Morgan fingerprint density at radius 3 is 2.09 bits per heavy atom. The van der Waals surface area contributed by atoms with Gasteiger partial charge >= 0.3 is 0 Å². The molecule has 1 N–H and O–H groups in total. The number of hydrogen-bond acceptors (Lipinski definition) is 1. The molecule has 1 aliphatic carbocycles.